The number of carbonyl (C=O) groups is 4. The van der Waals surface area contributed by atoms with Gasteiger partial charge in [-0.1, -0.05) is 30.3 Å². The van der Waals surface area contributed by atoms with Gasteiger partial charge in [-0.05, 0) is 38.7 Å². The number of nitrogens with two attached hydrogens (primary N) is 3. The van der Waals surface area contributed by atoms with E-state index in [1.807, 2.05) is 6.07 Å². The summed E-state index contributed by atoms with van der Waals surface area (Å²) in [7, 11) is 0. The number of guanidine groups is 1. The Hall–Kier alpha value is -3.75. The zero-order chi connectivity index (χ0) is 28.1. The van der Waals surface area contributed by atoms with Crippen molar-refractivity contribution in [2.75, 3.05) is 6.54 Å². The summed E-state index contributed by atoms with van der Waals surface area (Å²) >= 11 is 0. The highest BCUT2D eigenvalue weighted by molar-refractivity contribution is 5.94. The molecule has 12 N–H and O–H groups in total. The molecule has 0 fully saturated rings. The predicted octanol–water partition coefficient (Wildman–Crippen LogP) is -3.09. The van der Waals surface area contributed by atoms with Gasteiger partial charge in [0.05, 0.1) is 18.2 Å². The molecule has 0 aliphatic carbocycles. The SMILES string of the molecule is CC(O)C(NC(=O)C(N)Cc1ccccc1)C(=O)NC(C(=O)NC(CCCN=C(N)N)C(=O)O)C(C)O. The Kier molecular flexibility index (Phi) is 13.0. The van der Waals surface area contributed by atoms with Crippen molar-refractivity contribution in [3.05, 3.63) is 35.9 Å². The normalized spacial score (nSPS) is 15.7. The smallest absolute Gasteiger partial charge is 0.326 e. The minimum absolute atomic E-state index is 0.0238. The fourth-order valence-corrected chi connectivity index (χ4v) is 3.30. The van der Waals surface area contributed by atoms with Gasteiger partial charge < -0.3 is 48.5 Å². The molecule has 3 amide bonds. The quantitative estimate of drug-likeness (QED) is 0.0636. The fraction of sp³-hybridized carbons (Fsp3) is 0.522. The van der Waals surface area contributed by atoms with Crippen molar-refractivity contribution in [2.45, 2.75) is 69.5 Å². The zero-order valence-electron chi connectivity index (χ0n) is 20.8. The molecule has 206 valence electrons. The largest absolute Gasteiger partial charge is 0.480 e. The lowest BCUT2D eigenvalue weighted by Crippen LogP contribution is -2.62. The molecule has 14 nitrogen and oxygen atoms in total. The number of aliphatic hydroxyl groups is 2. The average Bonchev–Trinajstić information content (AvgIpc) is 2.82. The first kappa shape index (κ1) is 31.3. The van der Waals surface area contributed by atoms with E-state index < -0.39 is 60.1 Å². The van der Waals surface area contributed by atoms with Crippen molar-refractivity contribution in [1.29, 1.82) is 0 Å². The number of carboxylic acid groups (broad SMARTS) is 1. The predicted molar refractivity (Wildman–Crippen MR) is 135 cm³/mol. The first-order valence-corrected chi connectivity index (χ1v) is 11.7. The third-order valence-corrected chi connectivity index (χ3v) is 5.32. The van der Waals surface area contributed by atoms with E-state index in [1.165, 1.54) is 13.8 Å². The molecule has 1 aromatic rings. The second-order valence-electron chi connectivity index (χ2n) is 8.60. The molecule has 37 heavy (non-hydrogen) atoms. The molecule has 0 aliphatic rings. The van der Waals surface area contributed by atoms with E-state index in [0.717, 1.165) is 5.56 Å². The van der Waals surface area contributed by atoms with Crippen molar-refractivity contribution < 1.29 is 34.5 Å². The van der Waals surface area contributed by atoms with E-state index in [1.54, 1.807) is 24.3 Å². The number of hydrogen-bond acceptors (Lipinski definition) is 8. The monoisotopic (exact) mass is 523 g/mol. The first-order chi connectivity index (χ1) is 17.3. The molecule has 6 unspecified atom stereocenters. The molecule has 0 heterocycles. The van der Waals surface area contributed by atoms with Gasteiger partial charge in [0.1, 0.15) is 18.1 Å². The molecule has 14 heteroatoms. The molecule has 0 aliphatic heterocycles. The average molecular weight is 524 g/mol. The summed E-state index contributed by atoms with van der Waals surface area (Å²) in [4.78, 5) is 53.4. The van der Waals surface area contributed by atoms with Gasteiger partial charge in [0.2, 0.25) is 17.7 Å². The molecule has 6 atom stereocenters. The van der Waals surface area contributed by atoms with Crippen molar-refractivity contribution in [1.82, 2.24) is 16.0 Å². The van der Waals surface area contributed by atoms with Crippen molar-refractivity contribution in [2.24, 2.45) is 22.2 Å². The molecule has 0 saturated heterocycles. The van der Waals surface area contributed by atoms with Crippen molar-refractivity contribution in [3.63, 3.8) is 0 Å². The number of amides is 3. The van der Waals surface area contributed by atoms with Gasteiger partial charge in [-0.3, -0.25) is 19.4 Å². The highest BCUT2D eigenvalue weighted by Crippen LogP contribution is 2.05. The van der Waals surface area contributed by atoms with E-state index in [0.29, 0.717) is 0 Å². The van der Waals surface area contributed by atoms with Gasteiger partial charge in [-0.2, -0.15) is 0 Å². The Morgan fingerprint density at radius 1 is 0.892 bits per heavy atom. The van der Waals surface area contributed by atoms with Gasteiger partial charge in [-0.25, -0.2) is 4.79 Å². The summed E-state index contributed by atoms with van der Waals surface area (Å²) in [6.07, 6.45) is -2.43. The van der Waals surface area contributed by atoms with Crippen LogP contribution in [0.2, 0.25) is 0 Å². The maximum Gasteiger partial charge on any atom is 0.326 e. The van der Waals surface area contributed by atoms with Crippen LogP contribution in [0.15, 0.2) is 35.3 Å². The Balaban J connectivity index is 2.84. The van der Waals surface area contributed by atoms with Crippen LogP contribution in [0.4, 0.5) is 0 Å². The highest BCUT2D eigenvalue weighted by atomic mass is 16.4. The maximum absolute atomic E-state index is 12.8. The van der Waals surface area contributed by atoms with E-state index in [-0.39, 0.29) is 31.8 Å². The molecule has 0 bridgehead atoms. The van der Waals surface area contributed by atoms with Crippen LogP contribution in [0.5, 0.6) is 0 Å². The Labute approximate surface area is 214 Å². The van der Waals surface area contributed by atoms with Crippen molar-refractivity contribution in [3.8, 4) is 0 Å². The number of carbonyl (C=O) groups excluding carboxylic acids is 3. The topological polar surface area (TPSA) is 255 Å². The number of carboxylic acids is 1. The summed E-state index contributed by atoms with van der Waals surface area (Å²) in [5.74, 6) is -4.16. The van der Waals surface area contributed by atoms with Gasteiger partial charge >= 0.3 is 5.97 Å². The summed E-state index contributed by atoms with van der Waals surface area (Å²) in [5, 5.41) is 36.4. The van der Waals surface area contributed by atoms with Crippen LogP contribution in [-0.4, -0.2) is 87.9 Å². The standard InChI is InChI=1S/C23H37N7O7/c1-12(31)17(20(34)28-16(22(36)37)9-6-10-27-23(25)26)30-21(35)18(13(2)32)29-19(33)15(24)11-14-7-4-3-5-8-14/h3-5,7-8,12-13,15-18,31-32H,6,9-11,24H2,1-2H3,(H,28,34)(H,29,33)(H,30,35)(H,36,37)(H4,25,26,27). The number of aliphatic hydroxyl groups excluding tert-OH is 2. The van der Waals surface area contributed by atoms with Crippen LogP contribution in [-0.2, 0) is 25.6 Å². The zero-order valence-corrected chi connectivity index (χ0v) is 20.8. The van der Waals surface area contributed by atoms with E-state index in [4.69, 9.17) is 17.2 Å². The third kappa shape index (κ3) is 11.2. The summed E-state index contributed by atoms with van der Waals surface area (Å²) < 4.78 is 0. The van der Waals surface area contributed by atoms with Gasteiger partial charge in [0, 0.05) is 6.54 Å². The molecule has 1 rings (SSSR count). The summed E-state index contributed by atoms with van der Waals surface area (Å²) in [5.41, 5.74) is 17.2. The lowest BCUT2D eigenvalue weighted by Gasteiger charge is -2.27. The van der Waals surface area contributed by atoms with Crippen LogP contribution < -0.4 is 33.2 Å². The summed E-state index contributed by atoms with van der Waals surface area (Å²) in [6.45, 7) is 2.60. The number of aliphatic carboxylic acids is 1. The van der Waals surface area contributed by atoms with E-state index >= 15 is 0 Å². The van der Waals surface area contributed by atoms with E-state index in [2.05, 4.69) is 20.9 Å². The number of rotatable bonds is 15. The molecule has 1 aromatic carbocycles. The van der Waals surface area contributed by atoms with Gasteiger partial charge in [0.15, 0.2) is 5.96 Å². The molecule has 0 spiro atoms. The van der Waals surface area contributed by atoms with Crippen LogP contribution in [0.25, 0.3) is 0 Å². The van der Waals surface area contributed by atoms with Crippen molar-refractivity contribution >= 4 is 29.7 Å². The van der Waals surface area contributed by atoms with Gasteiger partial charge in [-0.15, -0.1) is 0 Å². The second-order valence-corrected chi connectivity index (χ2v) is 8.60. The van der Waals surface area contributed by atoms with Gasteiger partial charge in [0.25, 0.3) is 0 Å². The van der Waals surface area contributed by atoms with Crippen LogP contribution >= 0.6 is 0 Å². The number of nitrogens with zero attached hydrogens (tertiary/aromatic N) is 1. The number of hydrogen-bond donors (Lipinski definition) is 9. The highest BCUT2D eigenvalue weighted by Gasteiger charge is 2.34. The first-order valence-electron chi connectivity index (χ1n) is 11.7. The van der Waals surface area contributed by atoms with Crippen LogP contribution in [0, 0.1) is 0 Å². The maximum atomic E-state index is 12.8. The number of benzene rings is 1. The third-order valence-electron chi connectivity index (χ3n) is 5.32. The van der Waals surface area contributed by atoms with E-state index in [9.17, 15) is 34.5 Å². The fourth-order valence-electron chi connectivity index (χ4n) is 3.30. The molecule has 0 aromatic heterocycles. The number of aliphatic imine (C=N–C) groups is 1. The Bertz CT molecular complexity index is 937. The Morgan fingerprint density at radius 2 is 1.41 bits per heavy atom. The lowest BCUT2D eigenvalue weighted by molar-refractivity contribution is -0.143. The molecule has 0 radical (unpaired) electrons. The lowest BCUT2D eigenvalue weighted by atomic mass is 10.0. The Morgan fingerprint density at radius 3 is 1.89 bits per heavy atom. The molecular formula is C23H37N7O7. The minimum atomic E-state index is -1.58. The molecule has 0 saturated carbocycles. The second kappa shape index (κ2) is 15.4. The minimum Gasteiger partial charge on any atom is -0.480 e. The van der Waals surface area contributed by atoms with Crippen LogP contribution in [0.1, 0.15) is 32.3 Å². The van der Waals surface area contributed by atoms with Crippen LogP contribution in [0.3, 0.4) is 0 Å². The molecular weight excluding hydrogens is 486 g/mol. The summed E-state index contributed by atoms with van der Waals surface area (Å²) in [6, 6.07) is 3.49. The number of nitrogens with one attached hydrogen (secondary N) is 3.